The predicted octanol–water partition coefficient (Wildman–Crippen LogP) is 1.85. The van der Waals surface area contributed by atoms with Gasteiger partial charge >= 0.3 is 0 Å². The summed E-state index contributed by atoms with van der Waals surface area (Å²) >= 11 is 0. The Kier molecular flexibility index (Phi) is 3.43. The monoisotopic (exact) mass is 236 g/mol. The Bertz CT molecular complexity index is 433. The number of rotatable bonds is 3. The molecule has 1 fully saturated rings. The van der Waals surface area contributed by atoms with Gasteiger partial charge in [0.2, 0.25) is 5.91 Å². The second-order valence-electron chi connectivity index (χ2n) is 4.32. The first kappa shape index (κ1) is 12.0. The largest absolute Gasteiger partial charge is 0.311 e. The van der Waals surface area contributed by atoms with E-state index in [-0.39, 0.29) is 17.8 Å². The zero-order valence-electron chi connectivity index (χ0n) is 10.2. The molecule has 0 aliphatic carbocycles. The molecule has 1 unspecified atom stereocenters. The van der Waals surface area contributed by atoms with Crippen LogP contribution in [0.4, 0.5) is 10.1 Å². The van der Waals surface area contributed by atoms with Gasteiger partial charge in [-0.25, -0.2) is 4.39 Å². The average Bonchev–Trinajstić information content (AvgIpc) is 2.66. The number of likely N-dealkylation sites (N-methyl/N-ethyl adjacent to an activating group) is 1. The van der Waals surface area contributed by atoms with E-state index < -0.39 is 0 Å². The molecule has 0 saturated carbocycles. The van der Waals surface area contributed by atoms with E-state index in [9.17, 15) is 9.18 Å². The lowest BCUT2D eigenvalue weighted by Crippen LogP contribution is -2.38. The Hall–Kier alpha value is -1.42. The highest BCUT2D eigenvalue weighted by atomic mass is 19.1. The van der Waals surface area contributed by atoms with Gasteiger partial charge in [-0.2, -0.15) is 0 Å². The van der Waals surface area contributed by atoms with Gasteiger partial charge in [0.15, 0.2) is 0 Å². The van der Waals surface area contributed by atoms with Gasteiger partial charge in [0.05, 0.1) is 6.04 Å². The zero-order chi connectivity index (χ0) is 12.4. The second-order valence-corrected chi connectivity index (χ2v) is 4.32. The fraction of sp³-hybridized carbons (Fsp3) is 0.462. The molecule has 1 aromatic carbocycles. The van der Waals surface area contributed by atoms with Gasteiger partial charge in [0.1, 0.15) is 5.82 Å². The van der Waals surface area contributed by atoms with Crippen molar-refractivity contribution in [2.75, 3.05) is 18.0 Å². The van der Waals surface area contributed by atoms with Gasteiger partial charge in [-0.15, -0.1) is 0 Å². The molecule has 1 saturated heterocycles. The first-order valence-corrected chi connectivity index (χ1v) is 5.94. The molecule has 4 heteroatoms. The number of carbonyl (C=O) groups is 1. The van der Waals surface area contributed by atoms with Gasteiger partial charge < -0.3 is 10.2 Å². The van der Waals surface area contributed by atoms with Crippen LogP contribution in [0.2, 0.25) is 0 Å². The molecule has 0 radical (unpaired) electrons. The third kappa shape index (κ3) is 2.31. The number of anilines is 1. The van der Waals surface area contributed by atoms with Gasteiger partial charge in [0.25, 0.3) is 0 Å². The van der Waals surface area contributed by atoms with E-state index in [1.165, 1.54) is 6.07 Å². The first-order valence-electron chi connectivity index (χ1n) is 5.94. The maximum absolute atomic E-state index is 13.2. The van der Waals surface area contributed by atoms with Crippen molar-refractivity contribution in [1.82, 2.24) is 5.32 Å². The van der Waals surface area contributed by atoms with Crippen LogP contribution in [0.1, 0.15) is 18.9 Å². The standard InChI is InChI=1S/C13H17FN2O/c1-3-15-12-6-7-16(13(12)17)10-4-5-11(14)9(2)8-10/h4-5,8,12,15H,3,6-7H2,1-2H3. The number of hydrogen-bond donors (Lipinski definition) is 1. The average molecular weight is 236 g/mol. The fourth-order valence-electron chi connectivity index (χ4n) is 2.17. The van der Waals surface area contributed by atoms with E-state index in [0.29, 0.717) is 12.1 Å². The quantitative estimate of drug-likeness (QED) is 0.868. The minimum absolute atomic E-state index is 0.0814. The zero-order valence-corrected chi connectivity index (χ0v) is 10.2. The second kappa shape index (κ2) is 4.84. The first-order chi connectivity index (χ1) is 8.13. The summed E-state index contributed by atoms with van der Waals surface area (Å²) < 4.78 is 13.2. The number of halogens is 1. The lowest BCUT2D eigenvalue weighted by molar-refractivity contribution is -0.118. The number of amides is 1. The number of nitrogens with zero attached hydrogens (tertiary/aromatic N) is 1. The smallest absolute Gasteiger partial charge is 0.244 e. The highest BCUT2D eigenvalue weighted by molar-refractivity contribution is 5.99. The molecular weight excluding hydrogens is 219 g/mol. The SMILES string of the molecule is CCNC1CCN(c2ccc(F)c(C)c2)C1=O. The lowest BCUT2D eigenvalue weighted by Gasteiger charge is -2.17. The molecule has 1 aliphatic rings. The van der Waals surface area contributed by atoms with Gasteiger partial charge in [0, 0.05) is 12.2 Å². The van der Waals surface area contributed by atoms with Crippen molar-refractivity contribution in [3.63, 3.8) is 0 Å². The van der Waals surface area contributed by atoms with E-state index in [1.54, 1.807) is 24.0 Å². The maximum atomic E-state index is 13.2. The minimum atomic E-state index is -0.233. The molecule has 1 heterocycles. The van der Waals surface area contributed by atoms with Crippen LogP contribution in [0.15, 0.2) is 18.2 Å². The van der Waals surface area contributed by atoms with Crippen molar-refractivity contribution in [2.45, 2.75) is 26.3 Å². The van der Waals surface area contributed by atoms with Crippen LogP contribution >= 0.6 is 0 Å². The lowest BCUT2D eigenvalue weighted by atomic mass is 10.2. The van der Waals surface area contributed by atoms with Crippen LogP contribution < -0.4 is 10.2 Å². The Balaban J connectivity index is 2.18. The minimum Gasteiger partial charge on any atom is -0.311 e. The summed E-state index contributed by atoms with van der Waals surface area (Å²) in [5.41, 5.74) is 1.36. The third-order valence-corrected chi connectivity index (χ3v) is 3.11. The topological polar surface area (TPSA) is 32.3 Å². The van der Waals surface area contributed by atoms with Crippen molar-refractivity contribution in [3.05, 3.63) is 29.6 Å². The number of benzene rings is 1. The number of carbonyl (C=O) groups excluding carboxylic acids is 1. The van der Waals surface area contributed by atoms with Crippen molar-refractivity contribution < 1.29 is 9.18 Å². The van der Waals surface area contributed by atoms with Crippen LogP contribution in [-0.2, 0) is 4.79 Å². The summed E-state index contributed by atoms with van der Waals surface area (Å²) in [5, 5.41) is 3.15. The van der Waals surface area contributed by atoms with E-state index >= 15 is 0 Å². The fourth-order valence-corrected chi connectivity index (χ4v) is 2.17. The third-order valence-electron chi connectivity index (χ3n) is 3.11. The summed E-state index contributed by atoms with van der Waals surface area (Å²) in [5.74, 6) is -0.151. The number of nitrogens with one attached hydrogen (secondary N) is 1. The predicted molar refractivity (Wildman–Crippen MR) is 65.6 cm³/mol. The highest BCUT2D eigenvalue weighted by Crippen LogP contribution is 2.23. The van der Waals surface area contributed by atoms with Crippen molar-refractivity contribution in [1.29, 1.82) is 0 Å². The molecule has 17 heavy (non-hydrogen) atoms. The summed E-state index contributed by atoms with van der Waals surface area (Å²) in [7, 11) is 0. The molecule has 0 aromatic heterocycles. The van der Waals surface area contributed by atoms with E-state index in [1.807, 2.05) is 6.92 Å². The molecule has 1 atom stereocenters. The maximum Gasteiger partial charge on any atom is 0.244 e. The Labute approximate surface area is 101 Å². The van der Waals surface area contributed by atoms with E-state index in [4.69, 9.17) is 0 Å². The summed E-state index contributed by atoms with van der Waals surface area (Å²) in [6.07, 6.45) is 0.809. The van der Waals surface area contributed by atoms with Crippen molar-refractivity contribution in [2.24, 2.45) is 0 Å². The highest BCUT2D eigenvalue weighted by Gasteiger charge is 2.31. The Morgan fingerprint density at radius 3 is 2.94 bits per heavy atom. The van der Waals surface area contributed by atoms with Crippen molar-refractivity contribution in [3.8, 4) is 0 Å². The molecular formula is C13H17FN2O. The summed E-state index contributed by atoms with van der Waals surface area (Å²) in [4.78, 5) is 13.8. The van der Waals surface area contributed by atoms with Crippen LogP contribution in [0.25, 0.3) is 0 Å². The van der Waals surface area contributed by atoms with Gasteiger partial charge in [-0.1, -0.05) is 6.92 Å². The molecule has 0 bridgehead atoms. The van der Waals surface area contributed by atoms with E-state index in [2.05, 4.69) is 5.32 Å². The molecule has 0 spiro atoms. The van der Waals surface area contributed by atoms with Crippen LogP contribution in [-0.4, -0.2) is 25.0 Å². The summed E-state index contributed by atoms with van der Waals surface area (Å²) in [6, 6.07) is 4.71. The number of aryl methyl sites for hydroxylation is 1. The van der Waals surface area contributed by atoms with Gasteiger partial charge in [-0.3, -0.25) is 4.79 Å². The molecule has 1 N–H and O–H groups in total. The molecule has 2 rings (SSSR count). The molecule has 1 amide bonds. The van der Waals surface area contributed by atoms with E-state index in [0.717, 1.165) is 18.7 Å². The van der Waals surface area contributed by atoms with Gasteiger partial charge in [-0.05, 0) is 43.7 Å². The number of hydrogen-bond acceptors (Lipinski definition) is 2. The summed E-state index contributed by atoms with van der Waals surface area (Å²) in [6.45, 7) is 5.17. The van der Waals surface area contributed by atoms with Crippen LogP contribution in [0.5, 0.6) is 0 Å². The van der Waals surface area contributed by atoms with Crippen LogP contribution in [0, 0.1) is 12.7 Å². The molecule has 1 aliphatic heterocycles. The normalized spacial score (nSPS) is 20.1. The van der Waals surface area contributed by atoms with Crippen LogP contribution in [0.3, 0.4) is 0 Å². The molecule has 3 nitrogen and oxygen atoms in total. The molecule has 1 aromatic rings. The molecule has 92 valence electrons. The Morgan fingerprint density at radius 2 is 2.29 bits per heavy atom. The van der Waals surface area contributed by atoms with Crippen molar-refractivity contribution >= 4 is 11.6 Å². The Morgan fingerprint density at radius 1 is 1.53 bits per heavy atom.